The van der Waals surface area contributed by atoms with Crippen molar-refractivity contribution in [2.45, 2.75) is 26.3 Å². The summed E-state index contributed by atoms with van der Waals surface area (Å²) in [6, 6.07) is -0.401. The van der Waals surface area contributed by atoms with Crippen LogP contribution in [0.25, 0.3) is 0 Å². The van der Waals surface area contributed by atoms with Gasteiger partial charge in [-0.3, -0.25) is 4.79 Å². The molecule has 0 aliphatic rings. The maximum absolute atomic E-state index is 11.2. The van der Waals surface area contributed by atoms with E-state index in [-0.39, 0.29) is 11.8 Å². The first-order valence-electron chi connectivity index (χ1n) is 4.36. The van der Waals surface area contributed by atoms with E-state index < -0.39 is 6.04 Å². The van der Waals surface area contributed by atoms with Crippen LogP contribution in [0.5, 0.6) is 0 Å². The molecule has 0 saturated carbocycles. The highest BCUT2D eigenvalue weighted by molar-refractivity contribution is 5.81. The van der Waals surface area contributed by atoms with Gasteiger partial charge in [-0.25, -0.2) is 0 Å². The van der Waals surface area contributed by atoms with Crippen LogP contribution in [0.1, 0.15) is 20.3 Å². The minimum absolute atomic E-state index is 0.102. The van der Waals surface area contributed by atoms with E-state index in [1.54, 1.807) is 0 Å². The third-order valence-corrected chi connectivity index (χ3v) is 2.00. The fourth-order valence-corrected chi connectivity index (χ4v) is 0.826. The summed E-state index contributed by atoms with van der Waals surface area (Å²) >= 11 is 0. The van der Waals surface area contributed by atoms with Crippen LogP contribution < -0.4 is 16.8 Å². The minimum atomic E-state index is -0.401. The van der Waals surface area contributed by atoms with Gasteiger partial charge in [-0.1, -0.05) is 20.3 Å². The molecule has 0 fully saturated rings. The summed E-state index contributed by atoms with van der Waals surface area (Å²) in [6.07, 6.45) is 0.914. The lowest BCUT2D eigenvalue weighted by Gasteiger charge is -2.17. The molecule has 0 aliphatic carbocycles. The van der Waals surface area contributed by atoms with Crippen molar-refractivity contribution in [3.8, 4) is 0 Å². The van der Waals surface area contributed by atoms with Crippen molar-refractivity contribution in [2.24, 2.45) is 17.4 Å². The van der Waals surface area contributed by atoms with E-state index in [9.17, 15) is 4.79 Å². The first kappa shape index (κ1) is 11.4. The normalized spacial score (nSPS) is 15.3. The molecule has 2 atom stereocenters. The lowest BCUT2D eigenvalue weighted by atomic mass is 9.99. The number of carbonyl (C=O) groups excluding carboxylic acids is 1. The van der Waals surface area contributed by atoms with E-state index >= 15 is 0 Å². The molecular formula is C8H19N3O. The summed E-state index contributed by atoms with van der Waals surface area (Å²) in [5, 5.41) is 2.66. The van der Waals surface area contributed by atoms with Gasteiger partial charge in [0.2, 0.25) is 5.91 Å². The van der Waals surface area contributed by atoms with Crippen LogP contribution in [0, 0.1) is 5.92 Å². The second kappa shape index (κ2) is 5.97. The molecule has 12 heavy (non-hydrogen) atoms. The van der Waals surface area contributed by atoms with Crippen molar-refractivity contribution in [3.05, 3.63) is 0 Å². The smallest absolute Gasteiger partial charge is 0.237 e. The molecule has 1 amide bonds. The van der Waals surface area contributed by atoms with Gasteiger partial charge in [-0.2, -0.15) is 0 Å². The molecule has 0 bridgehead atoms. The number of nitrogens with one attached hydrogen (secondary N) is 1. The fraction of sp³-hybridized carbons (Fsp3) is 0.875. The first-order chi connectivity index (χ1) is 5.63. The van der Waals surface area contributed by atoms with Gasteiger partial charge in [-0.15, -0.1) is 0 Å². The van der Waals surface area contributed by atoms with Crippen molar-refractivity contribution in [2.75, 3.05) is 13.1 Å². The zero-order valence-corrected chi connectivity index (χ0v) is 7.84. The Bertz CT molecular complexity index is 138. The van der Waals surface area contributed by atoms with Crippen LogP contribution in [0.3, 0.4) is 0 Å². The number of rotatable bonds is 5. The topological polar surface area (TPSA) is 81.1 Å². The summed E-state index contributed by atoms with van der Waals surface area (Å²) in [4.78, 5) is 11.2. The quantitative estimate of drug-likeness (QED) is 0.521. The third-order valence-electron chi connectivity index (χ3n) is 2.00. The van der Waals surface area contributed by atoms with E-state index in [2.05, 4.69) is 5.32 Å². The third kappa shape index (κ3) is 3.69. The highest BCUT2D eigenvalue weighted by Crippen LogP contribution is 2.04. The maximum Gasteiger partial charge on any atom is 0.237 e. The van der Waals surface area contributed by atoms with E-state index in [1.807, 2.05) is 13.8 Å². The zero-order chi connectivity index (χ0) is 9.56. The first-order valence-corrected chi connectivity index (χ1v) is 4.36. The van der Waals surface area contributed by atoms with Crippen LogP contribution in [-0.2, 0) is 4.79 Å². The second-order valence-corrected chi connectivity index (χ2v) is 2.99. The van der Waals surface area contributed by atoms with E-state index in [0.717, 1.165) is 6.42 Å². The molecule has 0 saturated heterocycles. The van der Waals surface area contributed by atoms with Gasteiger partial charge in [0.05, 0.1) is 6.04 Å². The summed E-state index contributed by atoms with van der Waals surface area (Å²) in [6.45, 7) is 4.94. The number of nitrogens with two attached hydrogens (primary N) is 2. The van der Waals surface area contributed by atoms with Gasteiger partial charge < -0.3 is 16.8 Å². The monoisotopic (exact) mass is 173 g/mol. The van der Waals surface area contributed by atoms with Crippen LogP contribution in [0.2, 0.25) is 0 Å². The largest absolute Gasteiger partial charge is 0.353 e. The summed E-state index contributed by atoms with van der Waals surface area (Å²) in [7, 11) is 0. The number of hydrogen-bond acceptors (Lipinski definition) is 3. The van der Waals surface area contributed by atoms with Crippen LogP contribution in [0.15, 0.2) is 0 Å². The maximum atomic E-state index is 11.2. The number of hydrogen-bond donors (Lipinski definition) is 3. The lowest BCUT2D eigenvalue weighted by molar-refractivity contribution is -0.123. The Hall–Kier alpha value is -0.610. The molecule has 0 radical (unpaired) electrons. The predicted octanol–water partition coefficient (Wildman–Crippen LogP) is -0.565. The van der Waals surface area contributed by atoms with Gasteiger partial charge in [0.15, 0.2) is 0 Å². The van der Waals surface area contributed by atoms with Crippen molar-refractivity contribution in [1.29, 1.82) is 0 Å². The van der Waals surface area contributed by atoms with Crippen LogP contribution in [0.4, 0.5) is 0 Å². The van der Waals surface area contributed by atoms with Gasteiger partial charge in [0.25, 0.3) is 0 Å². The van der Waals surface area contributed by atoms with Gasteiger partial charge in [0, 0.05) is 13.1 Å². The minimum Gasteiger partial charge on any atom is -0.353 e. The molecule has 4 nitrogen and oxygen atoms in total. The van der Waals surface area contributed by atoms with Crippen LogP contribution in [-0.4, -0.2) is 25.0 Å². The van der Waals surface area contributed by atoms with Gasteiger partial charge in [-0.05, 0) is 5.92 Å². The molecule has 0 spiro atoms. The molecule has 0 unspecified atom stereocenters. The van der Waals surface area contributed by atoms with Crippen LogP contribution >= 0.6 is 0 Å². The Morgan fingerprint density at radius 1 is 1.58 bits per heavy atom. The average Bonchev–Trinajstić information content (AvgIpc) is 2.11. The Balaban J connectivity index is 3.75. The summed E-state index contributed by atoms with van der Waals surface area (Å²) in [5.41, 5.74) is 10.9. The van der Waals surface area contributed by atoms with Gasteiger partial charge >= 0.3 is 0 Å². The Labute approximate surface area is 73.7 Å². The van der Waals surface area contributed by atoms with Crippen molar-refractivity contribution in [1.82, 2.24) is 5.32 Å². The molecule has 0 aromatic heterocycles. The highest BCUT2D eigenvalue weighted by atomic mass is 16.2. The van der Waals surface area contributed by atoms with Gasteiger partial charge in [0.1, 0.15) is 0 Å². The molecular weight excluding hydrogens is 154 g/mol. The zero-order valence-electron chi connectivity index (χ0n) is 7.84. The second-order valence-electron chi connectivity index (χ2n) is 2.99. The Morgan fingerprint density at radius 3 is 2.58 bits per heavy atom. The number of carbonyl (C=O) groups is 1. The van der Waals surface area contributed by atoms with E-state index in [4.69, 9.17) is 11.5 Å². The molecule has 0 rings (SSSR count). The van der Waals surface area contributed by atoms with Crippen molar-refractivity contribution >= 4 is 5.91 Å². The SMILES string of the molecule is CC[C@H](C)[C@H](N)C(=O)NCCN. The van der Waals surface area contributed by atoms with Crippen molar-refractivity contribution in [3.63, 3.8) is 0 Å². The Morgan fingerprint density at radius 2 is 2.17 bits per heavy atom. The molecule has 0 aromatic rings. The average molecular weight is 173 g/mol. The summed E-state index contributed by atoms with van der Waals surface area (Å²) in [5.74, 6) is 0.123. The molecule has 0 aromatic carbocycles. The standard InChI is InChI=1S/C8H19N3O/c1-3-6(2)7(10)8(12)11-5-4-9/h6-7H,3-5,9-10H2,1-2H3,(H,11,12)/t6-,7-/m0/s1. The molecule has 72 valence electrons. The Kier molecular flexibility index (Phi) is 5.66. The molecule has 4 heteroatoms. The van der Waals surface area contributed by atoms with E-state index in [1.165, 1.54) is 0 Å². The van der Waals surface area contributed by atoms with E-state index in [0.29, 0.717) is 13.1 Å². The van der Waals surface area contributed by atoms with Crippen molar-refractivity contribution < 1.29 is 4.79 Å². The lowest BCUT2D eigenvalue weighted by Crippen LogP contribution is -2.45. The molecule has 0 heterocycles. The fourth-order valence-electron chi connectivity index (χ4n) is 0.826. The molecule has 5 N–H and O–H groups in total. The highest BCUT2D eigenvalue weighted by Gasteiger charge is 2.18. The number of amides is 1. The summed E-state index contributed by atoms with van der Waals surface area (Å²) < 4.78 is 0. The molecule has 0 aliphatic heterocycles. The predicted molar refractivity (Wildman–Crippen MR) is 49.5 cm³/mol.